The first-order valence-corrected chi connectivity index (χ1v) is 13.3. The number of benzene rings is 3. The van der Waals surface area contributed by atoms with Crippen LogP contribution in [0, 0.1) is 0 Å². The molecule has 5 rings (SSSR count). The van der Waals surface area contributed by atoms with Gasteiger partial charge in [0.15, 0.2) is 5.69 Å². The van der Waals surface area contributed by atoms with Crippen LogP contribution in [0.15, 0.2) is 54.6 Å². The van der Waals surface area contributed by atoms with E-state index in [0.29, 0.717) is 60.7 Å². The molecule has 0 aliphatic carbocycles. The smallest absolute Gasteiger partial charge is 0.274 e. The number of methoxy groups -OCH3 is 1. The molecule has 0 unspecified atom stereocenters. The minimum absolute atomic E-state index is 0.107. The molecule has 2 amide bonds. The van der Waals surface area contributed by atoms with Crippen LogP contribution in [0.3, 0.4) is 0 Å². The topological polar surface area (TPSA) is 99.7 Å². The second-order valence-corrected chi connectivity index (χ2v) is 11.4. The van der Waals surface area contributed by atoms with Crippen molar-refractivity contribution in [3.8, 4) is 39.6 Å². The van der Waals surface area contributed by atoms with Gasteiger partial charge in [0.05, 0.1) is 18.5 Å². The van der Waals surface area contributed by atoms with Crippen molar-refractivity contribution < 1.29 is 19.1 Å². The SMILES string of the molecule is COc1cc2c(cc1-c1ccccc1C(N)=O)-c1c(c(C(=O)N(C)C(C)(C)C)nn1-c1cc(Cl)cc(Cl)c1)CO2. The summed E-state index contributed by atoms with van der Waals surface area (Å²) in [5.41, 5.74) is 9.57. The van der Waals surface area contributed by atoms with Gasteiger partial charge in [0, 0.05) is 51.0 Å². The van der Waals surface area contributed by atoms with Crippen LogP contribution in [-0.2, 0) is 6.61 Å². The number of fused-ring (bicyclic) bond motifs is 3. The molecule has 1 aliphatic heterocycles. The van der Waals surface area contributed by atoms with E-state index in [2.05, 4.69) is 0 Å². The molecule has 1 aliphatic rings. The van der Waals surface area contributed by atoms with Gasteiger partial charge in [-0.1, -0.05) is 41.4 Å². The number of ether oxygens (including phenoxy) is 2. The van der Waals surface area contributed by atoms with Crippen molar-refractivity contribution in [1.29, 1.82) is 0 Å². The van der Waals surface area contributed by atoms with Crippen molar-refractivity contribution in [2.75, 3.05) is 14.2 Å². The third kappa shape index (κ3) is 4.78. The Morgan fingerprint density at radius 3 is 2.33 bits per heavy atom. The highest BCUT2D eigenvalue weighted by atomic mass is 35.5. The lowest BCUT2D eigenvalue weighted by atomic mass is 9.93. The second-order valence-electron chi connectivity index (χ2n) is 10.5. The quantitative estimate of drug-likeness (QED) is 0.296. The van der Waals surface area contributed by atoms with Crippen molar-refractivity contribution in [3.05, 3.63) is 81.5 Å². The summed E-state index contributed by atoms with van der Waals surface area (Å²) in [7, 11) is 3.29. The molecule has 3 aromatic carbocycles. The first-order valence-electron chi connectivity index (χ1n) is 12.5. The Morgan fingerprint density at radius 1 is 1.02 bits per heavy atom. The van der Waals surface area contributed by atoms with Crippen LogP contribution < -0.4 is 15.2 Å². The highest BCUT2D eigenvalue weighted by molar-refractivity contribution is 6.34. The Kier molecular flexibility index (Phi) is 7.02. The predicted molar refractivity (Wildman–Crippen MR) is 156 cm³/mol. The Balaban J connectivity index is 1.82. The zero-order valence-corrected chi connectivity index (χ0v) is 24.2. The third-order valence-corrected chi connectivity index (χ3v) is 7.44. The molecule has 0 bridgehead atoms. The normalized spacial score (nSPS) is 12.3. The number of amides is 2. The number of hydrogen-bond acceptors (Lipinski definition) is 5. The second kappa shape index (κ2) is 10.2. The lowest BCUT2D eigenvalue weighted by Crippen LogP contribution is -2.43. The lowest BCUT2D eigenvalue weighted by molar-refractivity contribution is 0.0646. The van der Waals surface area contributed by atoms with Gasteiger partial charge in [-0.25, -0.2) is 4.68 Å². The van der Waals surface area contributed by atoms with Crippen LogP contribution in [0.2, 0.25) is 10.0 Å². The number of primary amides is 1. The van der Waals surface area contributed by atoms with Crippen molar-refractivity contribution in [3.63, 3.8) is 0 Å². The monoisotopic (exact) mass is 578 g/mol. The first kappa shape index (κ1) is 27.6. The Hall–Kier alpha value is -4.01. The molecule has 8 nitrogen and oxygen atoms in total. The van der Waals surface area contributed by atoms with Gasteiger partial charge < -0.3 is 20.1 Å². The average molecular weight is 579 g/mol. The van der Waals surface area contributed by atoms with Gasteiger partial charge in [-0.15, -0.1) is 0 Å². The van der Waals surface area contributed by atoms with Crippen LogP contribution in [-0.4, -0.2) is 46.2 Å². The number of rotatable bonds is 5. The van der Waals surface area contributed by atoms with Gasteiger partial charge in [-0.2, -0.15) is 5.10 Å². The van der Waals surface area contributed by atoms with E-state index in [4.69, 9.17) is 43.5 Å². The molecule has 40 heavy (non-hydrogen) atoms. The van der Waals surface area contributed by atoms with E-state index in [1.54, 1.807) is 66.2 Å². The van der Waals surface area contributed by atoms with E-state index in [0.717, 1.165) is 0 Å². The Labute approximate surface area is 242 Å². The minimum atomic E-state index is -0.566. The zero-order valence-electron chi connectivity index (χ0n) is 22.7. The number of hydrogen-bond donors (Lipinski definition) is 1. The summed E-state index contributed by atoms with van der Waals surface area (Å²) < 4.78 is 13.5. The summed E-state index contributed by atoms with van der Waals surface area (Å²) in [5, 5.41) is 5.63. The fraction of sp³-hybridized carbons (Fsp3) is 0.233. The van der Waals surface area contributed by atoms with Crippen molar-refractivity contribution in [1.82, 2.24) is 14.7 Å². The first-order chi connectivity index (χ1) is 18.9. The maximum Gasteiger partial charge on any atom is 0.274 e. The molecule has 0 radical (unpaired) electrons. The molecular weight excluding hydrogens is 551 g/mol. The maximum atomic E-state index is 13.7. The highest BCUT2D eigenvalue weighted by Gasteiger charge is 2.35. The predicted octanol–water partition coefficient (Wildman–Crippen LogP) is 6.38. The Morgan fingerprint density at radius 2 is 1.70 bits per heavy atom. The lowest BCUT2D eigenvalue weighted by Gasteiger charge is -2.31. The summed E-state index contributed by atoms with van der Waals surface area (Å²) in [6.45, 7) is 5.96. The molecule has 0 saturated heterocycles. The fourth-order valence-electron chi connectivity index (χ4n) is 4.68. The van der Waals surface area contributed by atoms with Gasteiger partial charge in [0.25, 0.3) is 5.91 Å². The van der Waals surface area contributed by atoms with E-state index >= 15 is 0 Å². The van der Waals surface area contributed by atoms with Gasteiger partial charge in [-0.3, -0.25) is 9.59 Å². The number of carbonyl (C=O) groups is 2. The van der Waals surface area contributed by atoms with Gasteiger partial charge >= 0.3 is 0 Å². The molecular formula is C30H28Cl2N4O4. The highest BCUT2D eigenvalue weighted by Crippen LogP contribution is 2.47. The van der Waals surface area contributed by atoms with Gasteiger partial charge in [0.1, 0.15) is 18.1 Å². The summed E-state index contributed by atoms with van der Waals surface area (Å²) in [6, 6.07) is 15.7. The molecule has 2 heterocycles. The van der Waals surface area contributed by atoms with Crippen LogP contribution in [0.5, 0.6) is 11.5 Å². The van der Waals surface area contributed by atoms with E-state index in [9.17, 15) is 9.59 Å². The zero-order chi connectivity index (χ0) is 28.9. The minimum Gasteiger partial charge on any atom is -0.496 e. The maximum absolute atomic E-state index is 13.7. The molecule has 0 atom stereocenters. The Bertz CT molecular complexity index is 1650. The molecule has 2 N–H and O–H groups in total. The summed E-state index contributed by atoms with van der Waals surface area (Å²) in [5.74, 6) is 0.207. The third-order valence-electron chi connectivity index (χ3n) is 7.00. The average Bonchev–Trinajstić information content (AvgIpc) is 3.30. The van der Waals surface area contributed by atoms with Crippen molar-refractivity contribution >= 4 is 35.0 Å². The number of halogens is 2. The fourth-order valence-corrected chi connectivity index (χ4v) is 5.19. The molecule has 4 aromatic rings. The summed E-state index contributed by atoms with van der Waals surface area (Å²) in [6.07, 6.45) is 0. The van der Waals surface area contributed by atoms with Crippen LogP contribution in [0.25, 0.3) is 28.1 Å². The number of carbonyl (C=O) groups excluding carboxylic acids is 2. The largest absolute Gasteiger partial charge is 0.496 e. The molecule has 1 aromatic heterocycles. The van der Waals surface area contributed by atoms with E-state index in [-0.39, 0.29) is 18.2 Å². The molecule has 206 valence electrons. The summed E-state index contributed by atoms with van der Waals surface area (Å²) >= 11 is 12.7. The van der Waals surface area contributed by atoms with Crippen LogP contribution in [0.4, 0.5) is 0 Å². The van der Waals surface area contributed by atoms with Crippen molar-refractivity contribution in [2.45, 2.75) is 32.9 Å². The number of nitrogens with zero attached hydrogens (tertiary/aromatic N) is 3. The van der Waals surface area contributed by atoms with E-state index in [1.807, 2.05) is 32.9 Å². The molecule has 0 spiro atoms. The standard InChI is InChI=1S/C30H28Cl2N4O4/c1-30(2,3)35(4)29(38)26-23-15-40-25-14-24(39-5)21(19-8-6-7-9-20(19)28(33)37)13-22(25)27(23)36(34-26)18-11-16(31)10-17(32)12-18/h6-14H,15H2,1-5H3,(H2,33,37). The van der Waals surface area contributed by atoms with Gasteiger partial charge in [-0.05, 0) is 56.7 Å². The molecule has 0 saturated carbocycles. The number of nitrogens with two attached hydrogens (primary N) is 1. The molecule has 0 fully saturated rings. The molecule has 10 heteroatoms. The van der Waals surface area contributed by atoms with E-state index in [1.165, 1.54) is 0 Å². The van der Waals surface area contributed by atoms with Crippen molar-refractivity contribution in [2.24, 2.45) is 5.73 Å². The van der Waals surface area contributed by atoms with Crippen LogP contribution >= 0.6 is 23.2 Å². The van der Waals surface area contributed by atoms with Crippen LogP contribution in [0.1, 0.15) is 47.2 Å². The van der Waals surface area contributed by atoms with E-state index < -0.39 is 11.4 Å². The number of aromatic nitrogens is 2. The summed E-state index contributed by atoms with van der Waals surface area (Å²) in [4.78, 5) is 27.7. The van der Waals surface area contributed by atoms with Gasteiger partial charge in [0.2, 0.25) is 5.91 Å².